The number of anilines is 1. The number of nitrogens with zero attached hydrogens (tertiary/aromatic N) is 2. The predicted octanol–water partition coefficient (Wildman–Crippen LogP) is 3.47. The van der Waals surface area contributed by atoms with E-state index in [4.69, 9.17) is 27.9 Å². The van der Waals surface area contributed by atoms with E-state index in [9.17, 15) is 0 Å². The first-order valence-corrected chi connectivity index (χ1v) is 6.31. The molecule has 1 N–H and O–H groups in total. The second kappa shape index (κ2) is 5.53. The second-order valence-electron chi connectivity index (χ2n) is 3.11. The molecule has 4 nitrogen and oxygen atoms in total. The van der Waals surface area contributed by atoms with E-state index in [2.05, 4.69) is 15.3 Å². The minimum Gasteiger partial charge on any atom is -0.467 e. The lowest BCUT2D eigenvalue weighted by molar-refractivity contribution is 0.380. The topological polar surface area (TPSA) is 47.0 Å². The van der Waals surface area contributed by atoms with E-state index >= 15 is 0 Å². The van der Waals surface area contributed by atoms with E-state index in [0.29, 0.717) is 17.4 Å². The van der Waals surface area contributed by atoms with Crippen molar-refractivity contribution in [2.24, 2.45) is 0 Å². The van der Waals surface area contributed by atoms with Crippen LogP contribution in [0, 0.1) is 0 Å². The van der Waals surface area contributed by atoms with Crippen molar-refractivity contribution >= 4 is 40.4 Å². The van der Waals surface area contributed by atoms with Crippen molar-refractivity contribution in [1.82, 2.24) is 9.97 Å². The third kappa shape index (κ3) is 3.21. The Kier molecular flexibility index (Phi) is 4.04. The van der Waals surface area contributed by atoms with Crippen LogP contribution in [0.25, 0.3) is 0 Å². The highest BCUT2D eigenvalue weighted by Gasteiger charge is 2.06. The Balaban J connectivity index is 2.07. The van der Waals surface area contributed by atoms with Gasteiger partial charge in [0.25, 0.3) is 0 Å². The Morgan fingerprint density at radius 3 is 2.88 bits per heavy atom. The van der Waals surface area contributed by atoms with E-state index in [1.165, 1.54) is 24.6 Å². The molecule has 90 valence electrons. The summed E-state index contributed by atoms with van der Waals surface area (Å²) >= 11 is 13.3. The first-order chi connectivity index (χ1) is 8.19. The minimum absolute atomic E-state index is 0.279. The normalized spacial score (nSPS) is 10.3. The van der Waals surface area contributed by atoms with Gasteiger partial charge in [-0.3, -0.25) is 0 Å². The molecule has 2 aromatic heterocycles. The Bertz CT molecular complexity index is 518. The van der Waals surface area contributed by atoms with Crippen LogP contribution in [0.4, 0.5) is 5.82 Å². The fourth-order valence-corrected chi connectivity index (χ4v) is 2.38. The molecule has 0 aliphatic heterocycles. The molecule has 0 aliphatic carbocycles. The quantitative estimate of drug-likeness (QED) is 0.936. The number of rotatable bonds is 4. The Hall–Kier alpha value is -1.04. The first kappa shape index (κ1) is 12.4. The summed E-state index contributed by atoms with van der Waals surface area (Å²) in [5.41, 5.74) is 0. The van der Waals surface area contributed by atoms with E-state index in [0.717, 1.165) is 9.21 Å². The van der Waals surface area contributed by atoms with Crippen LogP contribution < -0.4 is 10.1 Å². The van der Waals surface area contributed by atoms with Gasteiger partial charge >= 0.3 is 6.01 Å². The van der Waals surface area contributed by atoms with Gasteiger partial charge in [0.1, 0.15) is 5.02 Å². The lowest BCUT2D eigenvalue weighted by Crippen LogP contribution is -2.02. The largest absolute Gasteiger partial charge is 0.467 e. The van der Waals surface area contributed by atoms with E-state index < -0.39 is 0 Å². The van der Waals surface area contributed by atoms with Crippen LogP contribution in [0.1, 0.15) is 4.88 Å². The van der Waals surface area contributed by atoms with Gasteiger partial charge in [-0.05, 0) is 12.1 Å². The number of hydrogen-bond donors (Lipinski definition) is 1. The molecule has 0 saturated carbocycles. The van der Waals surface area contributed by atoms with Gasteiger partial charge in [0, 0.05) is 4.88 Å². The third-order valence-electron chi connectivity index (χ3n) is 1.96. The Morgan fingerprint density at radius 1 is 1.41 bits per heavy atom. The Labute approximate surface area is 113 Å². The molecule has 0 saturated heterocycles. The van der Waals surface area contributed by atoms with Crippen LogP contribution in [0.3, 0.4) is 0 Å². The Morgan fingerprint density at radius 2 is 2.24 bits per heavy atom. The molecular formula is C10H9Cl2N3OS. The molecule has 0 spiro atoms. The third-order valence-corrected chi connectivity index (χ3v) is 3.47. The van der Waals surface area contributed by atoms with Gasteiger partial charge < -0.3 is 10.1 Å². The van der Waals surface area contributed by atoms with Crippen LogP contribution >= 0.6 is 34.5 Å². The molecule has 0 aliphatic rings. The number of methoxy groups -OCH3 is 1. The van der Waals surface area contributed by atoms with E-state index in [1.54, 1.807) is 0 Å². The summed E-state index contributed by atoms with van der Waals surface area (Å²) in [5.74, 6) is 0.544. The molecule has 0 bridgehead atoms. The molecule has 2 heterocycles. The number of nitrogens with one attached hydrogen (secondary N) is 1. The second-order valence-corrected chi connectivity index (χ2v) is 5.32. The van der Waals surface area contributed by atoms with E-state index in [1.807, 2.05) is 12.1 Å². The average molecular weight is 290 g/mol. The summed E-state index contributed by atoms with van der Waals surface area (Å²) in [7, 11) is 1.51. The van der Waals surface area contributed by atoms with Crippen LogP contribution in [0.2, 0.25) is 9.36 Å². The van der Waals surface area contributed by atoms with Crippen molar-refractivity contribution in [3.05, 3.63) is 32.6 Å². The number of thiophene rings is 1. The van der Waals surface area contributed by atoms with Gasteiger partial charge in [-0.15, -0.1) is 11.3 Å². The molecule has 7 heteroatoms. The van der Waals surface area contributed by atoms with Crippen molar-refractivity contribution in [1.29, 1.82) is 0 Å². The zero-order valence-corrected chi connectivity index (χ0v) is 11.2. The molecule has 0 aromatic carbocycles. The number of aromatic nitrogens is 2. The van der Waals surface area contributed by atoms with Gasteiger partial charge in [0.15, 0.2) is 5.82 Å². The molecule has 0 fully saturated rings. The molecule has 17 heavy (non-hydrogen) atoms. The fraction of sp³-hybridized carbons (Fsp3) is 0.200. The number of ether oxygens (including phenoxy) is 1. The van der Waals surface area contributed by atoms with Gasteiger partial charge in [0.05, 0.1) is 24.2 Å². The van der Waals surface area contributed by atoms with E-state index in [-0.39, 0.29) is 6.01 Å². The van der Waals surface area contributed by atoms with Gasteiger partial charge in [-0.1, -0.05) is 23.2 Å². The summed E-state index contributed by atoms with van der Waals surface area (Å²) < 4.78 is 5.68. The summed E-state index contributed by atoms with van der Waals surface area (Å²) in [6.07, 6.45) is 1.50. The van der Waals surface area contributed by atoms with Crippen LogP contribution in [0.15, 0.2) is 18.3 Å². The molecular weight excluding hydrogens is 281 g/mol. The van der Waals surface area contributed by atoms with Crippen molar-refractivity contribution in [2.45, 2.75) is 6.54 Å². The summed E-state index contributed by atoms with van der Waals surface area (Å²) in [4.78, 5) is 9.10. The van der Waals surface area contributed by atoms with Crippen molar-refractivity contribution in [3.63, 3.8) is 0 Å². The first-order valence-electron chi connectivity index (χ1n) is 4.73. The summed E-state index contributed by atoms with van der Waals surface area (Å²) in [5, 5.41) is 3.56. The molecule has 2 rings (SSSR count). The average Bonchev–Trinajstić information content (AvgIpc) is 2.74. The maximum Gasteiger partial charge on any atom is 0.318 e. The highest BCUT2D eigenvalue weighted by atomic mass is 35.5. The highest BCUT2D eigenvalue weighted by Crippen LogP contribution is 2.24. The maximum absolute atomic E-state index is 5.96. The molecule has 0 amide bonds. The standard InChI is InChI=1S/C10H9Cl2N3OS/c1-16-10-14-5-7(11)9(15-10)13-4-6-2-3-8(12)17-6/h2-3,5H,4H2,1H3,(H,13,14,15). The van der Waals surface area contributed by atoms with Crippen molar-refractivity contribution in [3.8, 4) is 6.01 Å². The SMILES string of the molecule is COc1ncc(Cl)c(NCc2ccc(Cl)s2)n1. The van der Waals surface area contributed by atoms with Gasteiger partial charge in [-0.2, -0.15) is 4.98 Å². The number of hydrogen-bond acceptors (Lipinski definition) is 5. The molecule has 2 aromatic rings. The van der Waals surface area contributed by atoms with Crippen LogP contribution in [-0.2, 0) is 6.54 Å². The smallest absolute Gasteiger partial charge is 0.318 e. The van der Waals surface area contributed by atoms with Crippen LogP contribution in [0.5, 0.6) is 6.01 Å². The van der Waals surface area contributed by atoms with Gasteiger partial charge in [0.2, 0.25) is 0 Å². The summed E-state index contributed by atoms with van der Waals surface area (Å²) in [6, 6.07) is 4.08. The zero-order valence-electron chi connectivity index (χ0n) is 8.91. The highest BCUT2D eigenvalue weighted by molar-refractivity contribution is 7.16. The minimum atomic E-state index is 0.279. The number of halogens is 2. The maximum atomic E-state index is 5.96. The lowest BCUT2D eigenvalue weighted by atomic mass is 10.4. The van der Waals surface area contributed by atoms with Crippen molar-refractivity contribution in [2.75, 3.05) is 12.4 Å². The monoisotopic (exact) mass is 289 g/mol. The molecule has 0 radical (unpaired) electrons. The fourth-order valence-electron chi connectivity index (χ4n) is 1.19. The molecule has 0 unspecified atom stereocenters. The van der Waals surface area contributed by atoms with Crippen molar-refractivity contribution < 1.29 is 4.74 Å². The summed E-state index contributed by atoms with van der Waals surface area (Å²) in [6.45, 7) is 0.608. The molecule has 0 atom stereocenters. The van der Waals surface area contributed by atoms with Gasteiger partial charge in [-0.25, -0.2) is 4.98 Å². The predicted molar refractivity (Wildman–Crippen MR) is 70.2 cm³/mol. The van der Waals surface area contributed by atoms with Crippen LogP contribution in [-0.4, -0.2) is 17.1 Å². The lowest BCUT2D eigenvalue weighted by Gasteiger charge is -2.06. The zero-order chi connectivity index (χ0) is 12.3.